The van der Waals surface area contributed by atoms with Gasteiger partial charge in [0.05, 0.1) is 6.54 Å². The first-order valence-electron chi connectivity index (χ1n) is 6.80. The van der Waals surface area contributed by atoms with Gasteiger partial charge in [0.15, 0.2) is 5.65 Å². The molecular weight excluding hydrogens is 272 g/mol. The van der Waals surface area contributed by atoms with Crippen molar-refractivity contribution < 1.29 is 9.59 Å². The minimum Gasteiger partial charge on any atom is -0.354 e. The first-order chi connectivity index (χ1) is 10.2. The molecule has 2 aromatic heterocycles. The summed E-state index contributed by atoms with van der Waals surface area (Å²) in [5, 5.41) is 16.5. The summed E-state index contributed by atoms with van der Waals surface area (Å²) in [5.41, 5.74) is 0.787. The van der Waals surface area contributed by atoms with Gasteiger partial charge in [-0.2, -0.15) is 0 Å². The Kier molecular flexibility index (Phi) is 3.78. The monoisotopic (exact) mass is 288 g/mol. The maximum Gasteiger partial charge on any atom is 0.238 e. The van der Waals surface area contributed by atoms with Crippen molar-refractivity contribution in [2.24, 2.45) is 0 Å². The number of nitrogens with zero attached hydrogens (tertiary/aromatic N) is 3. The van der Waals surface area contributed by atoms with E-state index in [4.69, 9.17) is 0 Å². The lowest BCUT2D eigenvalue weighted by molar-refractivity contribution is -0.126. The number of rotatable bonds is 4. The molecule has 0 spiro atoms. The van der Waals surface area contributed by atoms with Crippen LogP contribution in [0, 0.1) is 0 Å². The Hall–Kier alpha value is -2.48. The summed E-state index contributed by atoms with van der Waals surface area (Å²) in [6.07, 6.45) is 2.49. The summed E-state index contributed by atoms with van der Waals surface area (Å²) in [7, 11) is 0. The van der Waals surface area contributed by atoms with Gasteiger partial charge in [0.1, 0.15) is 11.9 Å². The molecule has 110 valence electrons. The molecule has 0 aromatic carbocycles. The fraction of sp³-hybridized carbons (Fsp3) is 0.385. The minimum absolute atomic E-state index is 0.0889. The van der Waals surface area contributed by atoms with Crippen LogP contribution in [0.4, 0.5) is 0 Å². The molecule has 3 rings (SSSR count). The molecule has 0 radical (unpaired) electrons. The minimum atomic E-state index is -0.377. The van der Waals surface area contributed by atoms with Crippen LogP contribution in [-0.4, -0.2) is 52.1 Å². The largest absolute Gasteiger partial charge is 0.354 e. The molecule has 2 aromatic rings. The first-order valence-corrected chi connectivity index (χ1v) is 6.80. The second-order valence-electron chi connectivity index (χ2n) is 4.82. The molecule has 3 heterocycles. The van der Waals surface area contributed by atoms with Gasteiger partial charge in [0.2, 0.25) is 11.8 Å². The zero-order valence-electron chi connectivity index (χ0n) is 11.4. The summed E-state index contributed by atoms with van der Waals surface area (Å²) in [5.74, 6) is 0.591. The lowest BCUT2D eigenvalue weighted by Crippen LogP contribution is -2.58. The highest BCUT2D eigenvalue weighted by atomic mass is 16.2. The van der Waals surface area contributed by atoms with E-state index in [2.05, 4.69) is 26.1 Å². The van der Waals surface area contributed by atoms with Gasteiger partial charge in [-0.15, -0.1) is 10.2 Å². The fourth-order valence-electron chi connectivity index (χ4n) is 2.23. The Balaban J connectivity index is 1.52. The summed E-state index contributed by atoms with van der Waals surface area (Å²) in [4.78, 5) is 22.9. The van der Waals surface area contributed by atoms with E-state index in [0.29, 0.717) is 19.5 Å². The summed E-state index contributed by atoms with van der Waals surface area (Å²) in [6.45, 7) is 0.964. The Labute approximate surface area is 120 Å². The number of fused-ring (bicyclic) bond motifs is 1. The van der Waals surface area contributed by atoms with E-state index in [-0.39, 0.29) is 24.4 Å². The summed E-state index contributed by atoms with van der Waals surface area (Å²) < 4.78 is 1.89. The second kappa shape index (κ2) is 5.88. The van der Waals surface area contributed by atoms with Crippen LogP contribution >= 0.6 is 0 Å². The van der Waals surface area contributed by atoms with E-state index >= 15 is 0 Å². The Morgan fingerprint density at radius 3 is 3.14 bits per heavy atom. The molecule has 8 nitrogen and oxygen atoms in total. The molecule has 1 aliphatic heterocycles. The van der Waals surface area contributed by atoms with Crippen molar-refractivity contribution in [3.63, 3.8) is 0 Å². The molecule has 8 heteroatoms. The molecule has 1 aliphatic rings. The summed E-state index contributed by atoms with van der Waals surface area (Å²) in [6, 6.07) is 5.31. The normalized spacial score (nSPS) is 18.5. The fourth-order valence-corrected chi connectivity index (χ4v) is 2.23. The quantitative estimate of drug-likeness (QED) is 0.634. The van der Waals surface area contributed by atoms with Gasteiger partial charge in [0, 0.05) is 25.7 Å². The number of carbonyl (C=O) groups is 2. The van der Waals surface area contributed by atoms with Crippen LogP contribution in [0.15, 0.2) is 24.4 Å². The third-order valence-corrected chi connectivity index (χ3v) is 3.36. The maximum absolute atomic E-state index is 11.9. The third-order valence-electron chi connectivity index (χ3n) is 3.36. The smallest absolute Gasteiger partial charge is 0.238 e. The van der Waals surface area contributed by atoms with E-state index in [9.17, 15) is 9.59 Å². The van der Waals surface area contributed by atoms with Gasteiger partial charge in [-0.05, 0) is 12.1 Å². The number of aromatic nitrogens is 3. The van der Waals surface area contributed by atoms with Gasteiger partial charge in [0.25, 0.3) is 0 Å². The standard InChI is InChI=1S/C13H16N6O2/c20-12-8-15-9(7-16-12)13(21)14-5-4-11-18-17-10-3-1-2-6-19(10)11/h1-3,6,9,15H,4-5,7-8H2,(H,14,21)(H,16,20). The molecule has 1 saturated heterocycles. The Morgan fingerprint density at radius 2 is 2.33 bits per heavy atom. The molecule has 0 aliphatic carbocycles. The van der Waals surface area contributed by atoms with Crippen LogP contribution in [0.5, 0.6) is 0 Å². The SMILES string of the molecule is O=C1CNC(C(=O)NCCc2nnc3ccccn23)CN1. The van der Waals surface area contributed by atoms with Gasteiger partial charge >= 0.3 is 0 Å². The third kappa shape index (κ3) is 3.00. The number of hydrogen-bond donors (Lipinski definition) is 3. The molecule has 1 unspecified atom stereocenters. The van der Waals surface area contributed by atoms with Crippen molar-refractivity contribution in [2.45, 2.75) is 12.5 Å². The van der Waals surface area contributed by atoms with Crippen LogP contribution in [-0.2, 0) is 16.0 Å². The lowest BCUT2D eigenvalue weighted by atomic mass is 10.2. The van der Waals surface area contributed by atoms with Crippen molar-refractivity contribution in [1.29, 1.82) is 0 Å². The average molecular weight is 288 g/mol. The molecule has 1 atom stereocenters. The van der Waals surface area contributed by atoms with Crippen molar-refractivity contribution >= 4 is 17.5 Å². The molecule has 21 heavy (non-hydrogen) atoms. The van der Waals surface area contributed by atoms with Crippen LogP contribution in [0.1, 0.15) is 5.82 Å². The predicted molar refractivity (Wildman–Crippen MR) is 74.5 cm³/mol. The number of hydrogen-bond acceptors (Lipinski definition) is 5. The highest BCUT2D eigenvalue weighted by Gasteiger charge is 2.23. The second-order valence-corrected chi connectivity index (χ2v) is 4.82. The number of carbonyl (C=O) groups excluding carboxylic acids is 2. The Bertz CT molecular complexity index is 657. The Morgan fingerprint density at radius 1 is 1.43 bits per heavy atom. The molecule has 0 saturated carbocycles. The average Bonchev–Trinajstić information content (AvgIpc) is 2.91. The van der Waals surface area contributed by atoms with E-state index in [1.54, 1.807) is 0 Å². The van der Waals surface area contributed by atoms with Gasteiger partial charge in [-0.25, -0.2) is 0 Å². The van der Waals surface area contributed by atoms with Gasteiger partial charge < -0.3 is 10.6 Å². The number of pyridine rings is 1. The van der Waals surface area contributed by atoms with Crippen molar-refractivity contribution in [3.05, 3.63) is 30.2 Å². The van der Waals surface area contributed by atoms with Crippen molar-refractivity contribution in [3.8, 4) is 0 Å². The highest BCUT2D eigenvalue weighted by molar-refractivity contribution is 5.86. The van der Waals surface area contributed by atoms with E-state index < -0.39 is 0 Å². The predicted octanol–water partition coefficient (Wildman–Crippen LogP) is -1.52. The molecule has 2 amide bonds. The van der Waals surface area contributed by atoms with E-state index in [0.717, 1.165) is 11.5 Å². The maximum atomic E-state index is 11.9. The molecular formula is C13H16N6O2. The summed E-state index contributed by atoms with van der Waals surface area (Å²) >= 11 is 0. The number of amides is 2. The van der Waals surface area contributed by atoms with Crippen LogP contribution < -0.4 is 16.0 Å². The molecule has 0 bridgehead atoms. The highest BCUT2D eigenvalue weighted by Crippen LogP contribution is 2.02. The zero-order valence-corrected chi connectivity index (χ0v) is 11.4. The van der Waals surface area contributed by atoms with Crippen molar-refractivity contribution in [1.82, 2.24) is 30.5 Å². The van der Waals surface area contributed by atoms with E-state index in [1.807, 2.05) is 28.8 Å². The lowest BCUT2D eigenvalue weighted by Gasteiger charge is -2.23. The van der Waals surface area contributed by atoms with Crippen LogP contribution in [0.2, 0.25) is 0 Å². The van der Waals surface area contributed by atoms with Crippen molar-refractivity contribution in [2.75, 3.05) is 19.6 Å². The van der Waals surface area contributed by atoms with Gasteiger partial charge in [-0.3, -0.25) is 19.3 Å². The van der Waals surface area contributed by atoms with Crippen LogP contribution in [0.3, 0.4) is 0 Å². The molecule has 1 fully saturated rings. The topological polar surface area (TPSA) is 100 Å². The van der Waals surface area contributed by atoms with E-state index in [1.165, 1.54) is 0 Å². The zero-order chi connectivity index (χ0) is 14.7. The van der Waals surface area contributed by atoms with Gasteiger partial charge in [-0.1, -0.05) is 6.07 Å². The van der Waals surface area contributed by atoms with Crippen LogP contribution in [0.25, 0.3) is 5.65 Å². The first kappa shape index (κ1) is 13.5. The number of nitrogens with one attached hydrogen (secondary N) is 3. The number of piperazine rings is 1. The molecule has 3 N–H and O–H groups in total.